The van der Waals surface area contributed by atoms with Crippen LogP contribution in [0.3, 0.4) is 0 Å². The van der Waals surface area contributed by atoms with Crippen LogP contribution in [0.2, 0.25) is 0 Å². The number of ketones is 1. The van der Waals surface area contributed by atoms with Crippen LogP contribution in [0.4, 0.5) is 5.69 Å². The monoisotopic (exact) mass is 1000 g/mol. The first-order valence-corrected chi connectivity index (χ1v) is 24.4. The SMILES string of the molecule is CCc1cc2c(cc1C(C=NCC(=O)NCCOCCOCCOCCOCCOCCOCCNc1cccc3c1C(=O)N(C1CCC(=O)NC1=O)C3=O)=CN)C(C)(C)c1[nH]c3cc(C#N)ccc3c1C2=O. The molecule has 0 saturated carbocycles. The number of piperidine rings is 1. The maximum atomic E-state index is 14.0. The van der Waals surface area contributed by atoms with Crippen LogP contribution < -0.4 is 21.7 Å². The van der Waals surface area contributed by atoms with Gasteiger partial charge in [0, 0.05) is 70.8 Å². The number of aliphatic imine (C=N–C) groups is 1. The van der Waals surface area contributed by atoms with Gasteiger partial charge in [0.25, 0.3) is 11.8 Å². The lowest BCUT2D eigenvalue weighted by Gasteiger charge is -2.33. The van der Waals surface area contributed by atoms with Crippen molar-refractivity contribution in [1.82, 2.24) is 20.5 Å². The number of benzene rings is 3. The van der Waals surface area contributed by atoms with Crippen molar-refractivity contribution in [3.8, 4) is 6.07 Å². The molecule has 4 aromatic rings. The number of fused-ring (bicyclic) bond motifs is 5. The highest BCUT2D eigenvalue weighted by Crippen LogP contribution is 2.45. The van der Waals surface area contributed by atoms with E-state index in [2.05, 4.69) is 45.8 Å². The number of nitrogens with zero attached hydrogens (tertiary/aromatic N) is 3. The third kappa shape index (κ3) is 12.7. The Kier molecular flexibility index (Phi) is 18.8. The lowest BCUT2D eigenvalue weighted by Crippen LogP contribution is -2.54. The molecule has 1 unspecified atom stereocenters. The van der Waals surface area contributed by atoms with Crippen LogP contribution in [0.25, 0.3) is 16.5 Å². The smallest absolute Gasteiger partial charge is 0.264 e. The lowest BCUT2D eigenvalue weighted by atomic mass is 9.70. The molecule has 1 saturated heterocycles. The van der Waals surface area contributed by atoms with Crippen molar-refractivity contribution in [3.05, 3.63) is 105 Å². The van der Waals surface area contributed by atoms with Gasteiger partial charge in [-0.3, -0.25) is 44.0 Å². The largest absolute Gasteiger partial charge is 0.404 e. The van der Waals surface area contributed by atoms with Gasteiger partial charge in [0.05, 0.1) is 108 Å². The van der Waals surface area contributed by atoms with Gasteiger partial charge in [-0.1, -0.05) is 32.9 Å². The highest BCUT2D eigenvalue weighted by atomic mass is 16.6. The van der Waals surface area contributed by atoms with Gasteiger partial charge in [0.15, 0.2) is 5.78 Å². The van der Waals surface area contributed by atoms with Crippen molar-refractivity contribution < 1.29 is 57.2 Å². The van der Waals surface area contributed by atoms with Crippen molar-refractivity contribution >= 4 is 63.7 Å². The number of aromatic amines is 1. The number of rotatable bonds is 28. The average molecular weight is 1000 g/mol. The Hall–Kier alpha value is -7.12. The minimum Gasteiger partial charge on any atom is -0.404 e. The van der Waals surface area contributed by atoms with Gasteiger partial charge in [0.2, 0.25) is 17.7 Å². The number of aryl methyl sites for hydroxylation is 1. The van der Waals surface area contributed by atoms with Crippen molar-refractivity contribution in [2.75, 3.05) is 104 Å². The molecule has 7 rings (SSSR count). The highest BCUT2D eigenvalue weighted by molar-refractivity contribution is 6.25. The summed E-state index contributed by atoms with van der Waals surface area (Å²) in [6, 6.07) is 15.3. The van der Waals surface area contributed by atoms with E-state index in [1.54, 1.807) is 36.5 Å². The van der Waals surface area contributed by atoms with Gasteiger partial charge in [-0.05, 0) is 65.9 Å². The second-order valence-corrected chi connectivity index (χ2v) is 17.8. The number of nitriles is 1. The van der Waals surface area contributed by atoms with Crippen molar-refractivity contribution in [1.29, 1.82) is 5.26 Å². The van der Waals surface area contributed by atoms with E-state index in [1.165, 1.54) is 6.20 Å². The third-order valence-corrected chi connectivity index (χ3v) is 12.7. The number of nitrogens with two attached hydrogens (primary N) is 1. The van der Waals surface area contributed by atoms with Gasteiger partial charge in [-0.15, -0.1) is 0 Å². The normalized spacial score (nSPS) is 16.2. The summed E-state index contributed by atoms with van der Waals surface area (Å²) in [7, 11) is 0. The third-order valence-electron chi connectivity index (χ3n) is 12.7. The molecule has 3 aromatic carbocycles. The number of imide groups is 2. The van der Waals surface area contributed by atoms with Crippen molar-refractivity contribution in [2.45, 2.75) is 51.5 Å². The Bertz CT molecular complexity index is 2810. The molecule has 2 aliphatic heterocycles. The zero-order valence-corrected chi connectivity index (χ0v) is 41.4. The summed E-state index contributed by atoms with van der Waals surface area (Å²) >= 11 is 0. The fraction of sp³-hybridized carbons (Fsp3) is 0.434. The number of hydrogen-bond acceptors (Lipinski definition) is 16. The zero-order valence-electron chi connectivity index (χ0n) is 41.4. The first kappa shape index (κ1) is 53.7. The number of carbonyl (C=O) groups excluding carboxylic acids is 6. The van der Waals surface area contributed by atoms with Crippen molar-refractivity contribution in [3.63, 3.8) is 0 Å². The molecule has 20 nitrogen and oxygen atoms in total. The molecule has 6 N–H and O–H groups in total. The molecule has 3 aliphatic rings. The minimum absolute atomic E-state index is 0.0527. The molecule has 386 valence electrons. The Morgan fingerprint density at radius 2 is 1.48 bits per heavy atom. The number of H-pyrrole nitrogens is 1. The fourth-order valence-corrected chi connectivity index (χ4v) is 9.02. The van der Waals surface area contributed by atoms with E-state index in [-0.39, 0.29) is 42.2 Å². The number of amides is 5. The molecule has 0 spiro atoms. The maximum Gasteiger partial charge on any atom is 0.264 e. The van der Waals surface area contributed by atoms with E-state index in [0.717, 1.165) is 38.2 Å². The number of ether oxygens (including phenoxy) is 6. The van der Waals surface area contributed by atoms with Crippen LogP contribution in [-0.4, -0.2) is 156 Å². The Balaban J connectivity index is 0.673. The van der Waals surface area contributed by atoms with Crippen LogP contribution in [-0.2, 0) is 54.6 Å². The molecule has 5 amide bonds. The Morgan fingerprint density at radius 1 is 0.836 bits per heavy atom. The van der Waals surface area contributed by atoms with Crippen LogP contribution in [0.1, 0.15) is 98.2 Å². The number of aromatic nitrogens is 1. The molecule has 0 radical (unpaired) electrons. The van der Waals surface area contributed by atoms with E-state index < -0.39 is 35.1 Å². The van der Waals surface area contributed by atoms with Crippen LogP contribution in [0.15, 0.2) is 59.7 Å². The summed E-state index contributed by atoms with van der Waals surface area (Å²) in [4.78, 5) is 85.4. The minimum atomic E-state index is -1.03. The second-order valence-electron chi connectivity index (χ2n) is 17.8. The first-order valence-electron chi connectivity index (χ1n) is 24.4. The molecule has 0 bridgehead atoms. The zero-order chi connectivity index (χ0) is 51.9. The molecule has 3 heterocycles. The van der Waals surface area contributed by atoms with E-state index >= 15 is 0 Å². The number of anilines is 1. The van der Waals surface area contributed by atoms with E-state index in [1.807, 2.05) is 25.1 Å². The summed E-state index contributed by atoms with van der Waals surface area (Å²) in [5.41, 5.74) is 13.0. The van der Waals surface area contributed by atoms with Crippen LogP contribution in [0, 0.1) is 11.3 Å². The number of carbonyl (C=O) groups is 6. The average Bonchev–Trinajstić information content (AvgIpc) is 3.90. The number of hydrogen-bond donors (Lipinski definition) is 5. The van der Waals surface area contributed by atoms with Gasteiger partial charge in [0.1, 0.15) is 12.6 Å². The highest BCUT2D eigenvalue weighted by Gasteiger charge is 2.46. The van der Waals surface area contributed by atoms with E-state index in [9.17, 15) is 34.0 Å². The Labute approximate surface area is 422 Å². The molecule has 1 fully saturated rings. The second kappa shape index (κ2) is 25.5. The van der Waals surface area contributed by atoms with E-state index in [4.69, 9.17) is 34.2 Å². The first-order chi connectivity index (χ1) is 35.4. The molecule has 1 atom stereocenters. The summed E-state index contributed by atoms with van der Waals surface area (Å²) in [5, 5.41) is 18.3. The lowest BCUT2D eigenvalue weighted by molar-refractivity contribution is -0.136. The molecule has 20 heteroatoms. The van der Waals surface area contributed by atoms with Crippen LogP contribution in [0.5, 0.6) is 0 Å². The summed E-state index contributed by atoms with van der Waals surface area (Å²) in [5.74, 6) is -2.56. The molecular weight excluding hydrogens is 941 g/mol. The predicted molar refractivity (Wildman–Crippen MR) is 269 cm³/mol. The predicted octanol–water partition coefficient (Wildman–Crippen LogP) is 3.57. The van der Waals surface area contributed by atoms with Gasteiger partial charge in [-0.2, -0.15) is 5.26 Å². The van der Waals surface area contributed by atoms with Crippen molar-refractivity contribution in [2.24, 2.45) is 10.7 Å². The quantitative estimate of drug-likeness (QED) is 0.0309. The van der Waals surface area contributed by atoms with Gasteiger partial charge in [-0.25, -0.2) is 0 Å². The summed E-state index contributed by atoms with van der Waals surface area (Å²) in [6.07, 6.45) is 3.83. The van der Waals surface area contributed by atoms with E-state index in [0.29, 0.717) is 127 Å². The van der Waals surface area contributed by atoms with Gasteiger partial charge >= 0.3 is 0 Å². The topological polar surface area (TPSA) is 275 Å². The fourth-order valence-electron chi connectivity index (χ4n) is 9.02. The summed E-state index contributed by atoms with van der Waals surface area (Å²) in [6.45, 7) is 11.1. The number of nitrogens with one attached hydrogen (secondary N) is 4. The molecular formula is C53H62N8O12. The molecule has 1 aromatic heterocycles. The maximum absolute atomic E-state index is 14.0. The van der Waals surface area contributed by atoms with Gasteiger partial charge < -0.3 is 49.8 Å². The molecule has 1 aliphatic carbocycles. The standard InChI is InChI=1S/C53H62N8O12/c1-4-34-27-39-40(53(2,3)49-47(48(39)64)36-9-8-33(29-54)26-42(36)59-49)28-38(34)35(30-55)31-56-32-45(63)58-13-15-69-17-19-71-21-23-73-25-24-72-22-20-70-18-16-68-14-12-57-41-7-5-6-37-46(41)52(67)61(51(37)66)43-10-11-44(62)60-50(43)65/h5-9,26-28,30-31,43,57,59H,4,10-25,32,55H2,1-3H3,(H,58,63)(H,60,62,65). The summed E-state index contributed by atoms with van der Waals surface area (Å²) < 4.78 is 33.3. The molecule has 73 heavy (non-hydrogen) atoms. The van der Waals surface area contributed by atoms with Crippen LogP contribution >= 0.6 is 0 Å². The number of allylic oxidation sites excluding steroid dienone is 1. The Morgan fingerprint density at radius 3 is 2.10 bits per heavy atom.